The number of aromatic amines is 1. The predicted molar refractivity (Wildman–Crippen MR) is 96.6 cm³/mol. The van der Waals surface area contributed by atoms with E-state index in [1.807, 2.05) is 6.07 Å². The topological polar surface area (TPSA) is 113 Å². The van der Waals surface area contributed by atoms with Crippen LogP contribution in [0.4, 0.5) is 5.69 Å². The quantitative estimate of drug-likeness (QED) is 0.412. The number of non-ortho nitro benzene ring substituents is 1. The largest absolute Gasteiger partial charge is 0.305 e. The summed E-state index contributed by atoms with van der Waals surface area (Å²) in [5.41, 5.74) is 0.799. The van der Waals surface area contributed by atoms with Crippen molar-refractivity contribution in [3.63, 3.8) is 0 Å². The van der Waals surface area contributed by atoms with Crippen molar-refractivity contribution in [1.82, 2.24) is 9.97 Å². The Balaban J connectivity index is 2.08. The Kier molecular flexibility index (Phi) is 4.41. The molecule has 7 nitrogen and oxygen atoms in total. The monoisotopic (exact) mass is 396 g/mol. The van der Waals surface area contributed by atoms with Crippen molar-refractivity contribution in [2.45, 2.75) is 0 Å². The van der Waals surface area contributed by atoms with Crippen molar-refractivity contribution < 1.29 is 4.92 Å². The van der Waals surface area contributed by atoms with E-state index in [2.05, 4.69) is 25.9 Å². The summed E-state index contributed by atoms with van der Waals surface area (Å²) in [5.74, 6) is 0.140. The summed E-state index contributed by atoms with van der Waals surface area (Å²) in [6, 6.07) is 12.8. The Morgan fingerprint density at radius 3 is 2.64 bits per heavy atom. The Morgan fingerprint density at radius 1 is 1.28 bits per heavy atom. The minimum atomic E-state index is -0.501. The van der Waals surface area contributed by atoms with E-state index in [1.165, 1.54) is 30.3 Å². The van der Waals surface area contributed by atoms with Gasteiger partial charge >= 0.3 is 0 Å². The second-order valence-electron chi connectivity index (χ2n) is 5.09. The number of hydrogen-bond donors (Lipinski definition) is 1. The van der Waals surface area contributed by atoms with Gasteiger partial charge in [-0.2, -0.15) is 5.26 Å². The number of nitrogens with one attached hydrogen (secondary N) is 1. The zero-order valence-electron chi connectivity index (χ0n) is 12.6. The van der Waals surface area contributed by atoms with E-state index in [1.54, 1.807) is 18.2 Å². The summed E-state index contributed by atoms with van der Waals surface area (Å²) in [7, 11) is 0. The van der Waals surface area contributed by atoms with Gasteiger partial charge in [0.2, 0.25) is 0 Å². The summed E-state index contributed by atoms with van der Waals surface area (Å²) in [4.78, 5) is 29.3. The van der Waals surface area contributed by atoms with E-state index in [0.717, 1.165) is 4.47 Å². The van der Waals surface area contributed by atoms with Crippen LogP contribution < -0.4 is 5.56 Å². The molecule has 0 atom stereocenters. The molecule has 1 heterocycles. The van der Waals surface area contributed by atoms with Gasteiger partial charge < -0.3 is 4.98 Å². The number of hydrogen-bond acceptors (Lipinski definition) is 5. The maximum atomic E-state index is 12.2. The summed E-state index contributed by atoms with van der Waals surface area (Å²) < 4.78 is 0.752. The highest BCUT2D eigenvalue weighted by molar-refractivity contribution is 9.10. The van der Waals surface area contributed by atoms with Gasteiger partial charge in [0.05, 0.1) is 21.4 Å². The van der Waals surface area contributed by atoms with Crippen LogP contribution in [0.3, 0.4) is 0 Å². The molecule has 0 aliphatic carbocycles. The third kappa shape index (κ3) is 3.46. The van der Waals surface area contributed by atoms with Gasteiger partial charge in [-0.1, -0.05) is 15.9 Å². The lowest BCUT2D eigenvalue weighted by Crippen LogP contribution is -2.11. The summed E-state index contributed by atoms with van der Waals surface area (Å²) in [6.45, 7) is 0. The highest BCUT2D eigenvalue weighted by atomic mass is 79.9. The normalized spacial score (nSPS) is 11.3. The van der Waals surface area contributed by atoms with Crippen LogP contribution in [0.1, 0.15) is 11.4 Å². The molecule has 3 rings (SSSR count). The molecule has 1 aromatic heterocycles. The molecule has 0 aliphatic rings. The zero-order valence-corrected chi connectivity index (χ0v) is 14.1. The van der Waals surface area contributed by atoms with Gasteiger partial charge in [0, 0.05) is 16.6 Å². The predicted octanol–water partition coefficient (Wildman–Crippen LogP) is 3.66. The molecule has 0 amide bonds. The van der Waals surface area contributed by atoms with Gasteiger partial charge in [-0.3, -0.25) is 14.9 Å². The molecule has 0 spiro atoms. The van der Waals surface area contributed by atoms with Crippen LogP contribution in [-0.2, 0) is 0 Å². The van der Waals surface area contributed by atoms with Crippen molar-refractivity contribution >= 4 is 44.2 Å². The fourth-order valence-corrected chi connectivity index (χ4v) is 2.61. The fourth-order valence-electron chi connectivity index (χ4n) is 2.25. The average molecular weight is 397 g/mol. The second-order valence-corrected chi connectivity index (χ2v) is 6.01. The molecule has 0 unspecified atom stereocenters. The van der Waals surface area contributed by atoms with Gasteiger partial charge in [-0.25, -0.2) is 4.98 Å². The van der Waals surface area contributed by atoms with E-state index in [0.29, 0.717) is 16.5 Å². The zero-order chi connectivity index (χ0) is 18.0. The lowest BCUT2D eigenvalue weighted by atomic mass is 10.1. The maximum Gasteiger partial charge on any atom is 0.269 e. The minimum absolute atomic E-state index is 0.0431. The SMILES string of the molecule is N#C/C(=C/c1ccc([N+](=O)[O-])cc1)c1nc2ccc(Br)cc2c(=O)[nH]1. The van der Waals surface area contributed by atoms with E-state index in [-0.39, 0.29) is 22.6 Å². The Hall–Kier alpha value is -3.31. The van der Waals surface area contributed by atoms with Gasteiger partial charge in [0.1, 0.15) is 6.07 Å². The molecule has 122 valence electrons. The smallest absolute Gasteiger partial charge is 0.269 e. The van der Waals surface area contributed by atoms with Crippen LogP contribution in [0.5, 0.6) is 0 Å². The molecular weight excluding hydrogens is 388 g/mol. The van der Waals surface area contributed by atoms with Crippen LogP contribution >= 0.6 is 15.9 Å². The number of nitrogens with zero attached hydrogens (tertiary/aromatic N) is 3. The molecule has 25 heavy (non-hydrogen) atoms. The van der Waals surface area contributed by atoms with Gasteiger partial charge in [-0.15, -0.1) is 0 Å². The summed E-state index contributed by atoms with van der Waals surface area (Å²) in [6.07, 6.45) is 1.51. The summed E-state index contributed by atoms with van der Waals surface area (Å²) in [5, 5.41) is 20.5. The molecule has 0 radical (unpaired) electrons. The number of nitro groups is 1. The first-order valence-corrected chi connectivity index (χ1v) is 7.83. The third-order valence-electron chi connectivity index (χ3n) is 3.46. The van der Waals surface area contributed by atoms with Crippen LogP contribution in [0, 0.1) is 21.4 Å². The fraction of sp³-hybridized carbons (Fsp3) is 0. The molecule has 8 heteroatoms. The Morgan fingerprint density at radius 2 is 2.00 bits per heavy atom. The van der Waals surface area contributed by atoms with Gasteiger partial charge in [0.25, 0.3) is 11.2 Å². The van der Waals surface area contributed by atoms with E-state index in [4.69, 9.17) is 0 Å². The Labute approximate surface area is 149 Å². The first-order valence-electron chi connectivity index (χ1n) is 7.04. The molecule has 0 bridgehead atoms. The number of fused-ring (bicyclic) bond motifs is 1. The van der Waals surface area contributed by atoms with Crippen LogP contribution in [0.15, 0.2) is 51.7 Å². The van der Waals surface area contributed by atoms with Gasteiger partial charge in [-0.05, 0) is 42.0 Å². The standard InChI is InChI=1S/C17H9BrN4O3/c18-12-3-6-15-14(8-12)17(23)21-16(20-15)11(9-19)7-10-1-4-13(5-2-10)22(24)25/h1-8H,(H,20,21,23)/b11-7-. The van der Waals surface area contributed by atoms with E-state index < -0.39 is 4.92 Å². The third-order valence-corrected chi connectivity index (χ3v) is 3.95. The first kappa shape index (κ1) is 16.5. The molecule has 3 aromatic rings. The number of H-pyrrole nitrogens is 1. The van der Waals surface area contributed by atoms with Gasteiger partial charge in [0.15, 0.2) is 5.82 Å². The highest BCUT2D eigenvalue weighted by Crippen LogP contribution is 2.20. The average Bonchev–Trinajstić information content (AvgIpc) is 2.60. The van der Waals surface area contributed by atoms with Crippen molar-refractivity contribution in [2.75, 3.05) is 0 Å². The number of nitro benzene ring substituents is 1. The number of nitriles is 1. The number of rotatable bonds is 3. The van der Waals surface area contributed by atoms with E-state index in [9.17, 15) is 20.2 Å². The molecule has 0 fully saturated rings. The van der Waals surface area contributed by atoms with Crippen molar-refractivity contribution in [3.05, 3.63) is 78.8 Å². The van der Waals surface area contributed by atoms with Crippen LogP contribution in [0.25, 0.3) is 22.6 Å². The highest BCUT2D eigenvalue weighted by Gasteiger charge is 2.09. The molecule has 2 aromatic carbocycles. The second kappa shape index (κ2) is 6.67. The Bertz CT molecular complexity index is 1110. The van der Waals surface area contributed by atoms with Crippen LogP contribution in [0.2, 0.25) is 0 Å². The first-order chi connectivity index (χ1) is 12.0. The number of aromatic nitrogens is 2. The molecule has 0 saturated carbocycles. The van der Waals surface area contributed by atoms with Crippen molar-refractivity contribution in [2.24, 2.45) is 0 Å². The minimum Gasteiger partial charge on any atom is -0.305 e. The summed E-state index contributed by atoms with van der Waals surface area (Å²) >= 11 is 3.30. The number of allylic oxidation sites excluding steroid dienone is 1. The molecule has 0 saturated heterocycles. The lowest BCUT2D eigenvalue weighted by molar-refractivity contribution is -0.384. The maximum absolute atomic E-state index is 12.2. The molecule has 0 aliphatic heterocycles. The van der Waals surface area contributed by atoms with Crippen molar-refractivity contribution in [3.8, 4) is 6.07 Å². The lowest BCUT2D eigenvalue weighted by Gasteiger charge is -2.03. The van der Waals surface area contributed by atoms with Crippen molar-refractivity contribution in [1.29, 1.82) is 5.26 Å². The number of benzene rings is 2. The molecule has 1 N–H and O–H groups in total. The van der Waals surface area contributed by atoms with E-state index >= 15 is 0 Å². The van der Waals surface area contributed by atoms with Crippen LogP contribution in [-0.4, -0.2) is 14.9 Å². The molecular formula is C17H9BrN4O3. The number of halogens is 1.